The molecule has 3 nitrogen and oxygen atoms in total. The number of benzene rings is 1. The van der Waals surface area contributed by atoms with Gasteiger partial charge >= 0.3 is 0 Å². The molecule has 2 rings (SSSR count). The van der Waals surface area contributed by atoms with Crippen molar-refractivity contribution in [2.24, 2.45) is 0 Å². The number of anilines is 1. The summed E-state index contributed by atoms with van der Waals surface area (Å²) in [6, 6.07) is 8.14. The molecule has 0 atom stereocenters. The van der Waals surface area contributed by atoms with Gasteiger partial charge in [-0.15, -0.1) is 6.54 Å². The van der Waals surface area contributed by atoms with Crippen molar-refractivity contribution in [1.29, 1.82) is 0 Å². The number of morpholine rings is 1. The molecular formula is C11H15N2O-. The number of hydrogen-bond donors (Lipinski definition) is 0. The summed E-state index contributed by atoms with van der Waals surface area (Å²) in [4.78, 5) is 2.30. The first-order valence-electron chi connectivity index (χ1n) is 4.97. The summed E-state index contributed by atoms with van der Waals surface area (Å²) in [5, 5.41) is 0. The van der Waals surface area contributed by atoms with E-state index in [-0.39, 0.29) is 0 Å². The maximum Gasteiger partial charge on any atom is 0.0642 e. The zero-order chi connectivity index (χ0) is 9.80. The van der Waals surface area contributed by atoms with Crippen molar-refractivity contribution in [3.8, 4) is 0 Å². The Balaban J connectivity index is 2.20. The first kappa shape index (κ1) is 9.49. The summed E-state index contributed by atoms with van der Waals surface area (Å²) < 4.78 is 5.31. The van der Waals surface area contributed by atoms with Crippen LogP contribution in [0.25, 0.3) is 5.73 Å². The van der Waals surface area contributed by atoms with Crippen molar-refractivity contribution in [1.82, 2.24) is 0 Å². The van der Waals surface area contributed by atoms with E-state index in [1.807, 2.05) is 18.2 Å². The second-order valence-electron chi connectivity index (χ2n) is 3.40. The van der Waals surface area contributed by atoms with Crippen LogP contribution in [0.3, 0.4) is 0 Å². The minimum Gasteiger partial charge on any atom is -0.674 e. The summed E-state index contributed by atoms with van der Waals surface area (Å²) in [6.07, 6.45) is 0. The first-order chi connectivity index (χ1) is 6.92. The molecule has 0 bridgehead atoms. The molecule has 1 aliphatic heterocycles. The fourth-order valence-corrected chi connectivity index (χ4v) is 1.77. The van der Waals surface area contributed by atoms with Gasteiger partial charge in [0, 0.05) is 18.8 Å². The Hall–Kier alpha value is -1.06. The number of hydrogen-bond acceptors (Lipinski definition) is 2. The van der Waals surface area contributed by atoms with Crippen LogP contribution >= 0.6 is 0 Å². The van der Waals surface area contributed by atoms with Gasteiger partial charge in [0.1, 0.15) is 0 Å². The fourth-order valence-electron chi connectivity index (χ4n) is 1.77. The third kappa shape index (κ3) is 1.89. The summed E-state index contributed by atoms with van der Waals surface area (Å²) in [5.74, 6) is 0. The molecule has 1 aromatic rings. The lowest BCUT2D eigenvalue weighted by atomic mass is 10.1. The van der Waals surface area contributed by atoms with Gasteiger partial charge in [0.05, 0.1) is 13.2 Å². The molecular weight excluding hydrogens is 176 g/mol. The highest BCUT2D eigenvalue weighted by Crippen LogP contribution is 2.21. The van der Waals surface area contributed by atoms with Crippen LogP contribution in [0, 0.1) is 0 Å². The molecule has 1 saturated heterocycles. The van der Waals surface area contributed by atoms with E-state index in [9.17, 15) is 0 Å². The maximum absolute atomic E-state index is 7.45. The van der Waals surface area contributed by atoms with Crippen LogP contribution in [0.15, 0.2) is 24.3 Å². The van der Waals surface area contributed by atoms with Gasteiger partial charge in [-0.25, -0.2) is 0 Å². The second kappa shape index (κ2) is 4.44. The van der Waals surface area contributed by atoms with Gasteiger partial charge in [-0.3, -0.25) is 0 Å². The fraction of sp³-hybridized carbons (Fsp3) is 0.455. The average Bonchev–Trinajstić information content (AvgIpc) is 2.30. The van der Waals surface area contributed by atoms with E-state index in [0.29, 0.717) is 6.54 Å². The molecule has 76 valence electrons. The van der Waals surface area contributed by atoms with Crippen LogP contribution in [0.5, 0.6) is 0 Å². The maximum atomic E-state index is 7.45. The molecule has 1 heterocycles. The highest BCUT2D eigenvalue weighted by Gasteiger charge is 2.12. The predicted molar refractivity (Wildman–Crippen MR) is 57.5 cm³/mol. The Bertz CT molecular complexity index is 295. The van der Waals surface area contributed by atoms with Crippen LogP contribution in [0.2, 0.25) is 0 Å². The molecule has 3 heteroatoms. The van der Waals surface area contributed by atoms with Crippen LogP contribution in [0.1, 0.15) is 5.56 Å². The topological polar surface area (TPSA) is 36.3 Å². The third-order valence-corrected chi connectivity index (χ3v) is 2.53. The van der Waals surface area contributed by atoms with Gasteiger partial charge in [-0.05, 0) is 11.6 Å². The number of nitrogens with one attached hydrogen (secondary N) is 1. The molecule has 0 amide bonds. The zero-order valence-corrected chi connectivity index (χ0v) is 8.20. The smallest absolute Gasteiger partial charge is 0.0642 e. The number of nitrogens with zero attached hydrogens (tertiary/aromatic N) is 1. The standard InChI is InChI=1S/C11H15N2O/c12-9-10-3-1-2-4-11(10)13-5-7-14-8-6-13/h1-4,12H,5-9H2/q-1. The number of ether oxygens (including phenoxy) is 1. The number of rotatable bonds is 2. The summed E-state index contributed by atoms with van der Waals surface area (Å²) >= 11 is 0. The van der Waals surface area contributed by atoms with Crippen LogP contribution in [0.4, 0.5) is 5.69 Å². The molecule has 0 spiro atoms. The SMILES string of the molecule is [NH-]Cc1ccccc1N1CCOCC1. The van der Waals surface area contributed by atoms with Gasteiger partial charge in [0.25, 0.3) is 0 Å². The van der Waals surface area contributed by atoms with Crippen molar-refractivity contribution < 1.29 is 4.74 Å². The zero-order valence-electron chi connectivity index (χ0n) is 8.20. The highest BCUT2D eigenvalue weighted by atomic mass is 16.5. The van der Waals surface area contributed by atoms with E-state index < -0.39 is 0 Å². The quantitative estimate of drug-likeness (QED) is 0.717. The van der Waals surface area contributed by atoms with Gasteiger partial charge in [-0.2, -0.15) is 0 Å². The molecule has 0 aliphatic carbocycles. The Morgan fingerprint density at radius 3 is 2.64 bits per heavy atom. The van der Waals surface area contributed by atoms with Crippen molar-refractivity contribution in [2.75, 3.05) is 31.2 Å². The normalized spacial score (nSPS) is 17.1. The van der Waals surface area contributed by atoms with Crippen LogP contribution in [-0.4, -0.2) is 26.3 Å². The molecule has 14 heavy (non-hydrogen) atoms. The van der Waals surface area contributed by atoms with Crippen LogP contribution < -0.4 is 4.90 Å². The van der Waals surface area contributed by atoms with E-state index in [0.717, 1.165) is 31.9 Å². The van der Waals surface area contributed by atoms with Gasteiger partial charge < -0.3 is 15.4 Å². The van der Waals surface area contributed by atoms with Gasteiger partial charge in [0.15, 0.2) is 0 Å². The van der Waals surface area contributed by atoms with Crippen molar-refractivity contribution >= 4 is 5.69 Å². The van der Waals surface area contributed by atoms with E-state index >= 15 is 0 Å². The van der Waals surface area contributed by atoms with Gasteiger partial charge in [0.2, 0.25) is 0 Å². The van der Waals surface area contributed by atoms with Gasteiger partial charge in [-0.1, -0.05) is 18.2 Å². The lowest BCUT2D eigenvalue weighted by molar-refractivity contribution is 0.122. The molecule has 1 N–H and O–H groups in total. The van der Waals surface area contributed by atoms with Crippen molar-refractivity contribution in [2.45, 2.75) is 6.54 Å². The monoisotopic (exact) mass is 191 g/mol. The van der Waals surface area contributed by atoms with E-state index in [4.69, 9.17) is 10.5 Å². The minimum atomic E-state index is 0.355. The summed E-state index contributed by atoms with van der Waals surface area (Å²) in [7, 11) is 0. The molecule has 0 aromatic heterocycles. The summed E-state index contributed by atoms with van der Waals surface area (Å²) in [6.45, 7) is 3.83. The third-order valence-electron chi connectivity index (χ3n) is 2.53. The molecule has 1 fully saturated rings. The molecule has 1 aliphatic rings. The van der Waals surface area contributed by atoms with E-state index in [1.54, 1.807) is 0 Å². The Morgan fingerprint density at radius 2 is 1.93 bits per heavy atom. The first-order valence-corrected chi connectivity index (χ1v) is 4.97. The Labute approximate surface area is 84.5 Å². The molecule has 0 saturated carbocycles. The van der Waals surface area contributed by atoms with E-state index in [1.165, 1.54) is 5.69 Å². The van der Waals surface area contributed by atoms with E-state index in [2.05, 4.69) is 11.0 Å². The molecule has 0 radical (unpaired) electrons. The Morgan fingerprint density at radius 1 is 1.21 bits per heavy atom. The Kier molecular flexibility index (Phi) is 3.01. The van der Waals surface area contributed by atoms with Crippen LogP contribution in [-0.2, 0) is 11.3 Å². The average molecular weight is 191 g/mol. The lowest BCUT2D eigenvalue weighted by Crippen LogP contribution is -2.36. The number of para-hydroxylation sites is 1. The van der Waals surface area contributed by atoms with Crippen molar-refractivity contribution in [3.05, 3.63) is 35.6 Å². The highest BCUT2D eigenvalue weighted by molar-refractivity contribution is 5.54. The second-order valence-corrected chi connectivity index (χ2v) is 3.40. The molecule has 0 unspecified atom stereocenters. The molecule has 1 aromatic carbocycles. The minimum absolute atomic E-state index is 0.355. The predicted octanol–water partition coefficient (Wildman–Crippen LogP) is 2.08. The van der Waals surface area contributed by atoms with Crippen molar-refractivity contribution in [3.63, 3.8) is 0 Å². The largest absolute Gasteiger partial charge is 0.674 e. The summed E-state index contributed by atoms with van der Waals surface area (Å²) in [5.41, 5.74) is 9.75. The lowest BCUT2D eigenvalue weighted by Gasteiger charge is -2.31.